The van der Waals surface area contributed by atoms with E-state index in [0.29, 0.717) is 11.3 Å². The lowest BCUT2D eigenvalue weighted by molar-refractivity contribution is -1.06. The molecule has 1 unspecified atom stereocenters. The van der Waals surface area contributed by atoms with Gasteiger partial charge in [0, 0.05) is 5.56 Å². The van der Waals surface area contributed by atoms with Crippen molar-refractivity contribution in [1.82, 2.24) is 0 Å². The molecular formula is C8H8N2O2S. The van der Waals surface area contributed by atoms with Gasteiger partial charge in [0.1, 0.15) is 6.54 Å². The number of isothiocyanates is 1. The third-order valence-corrected chi connectivity index (χ3v) is 1.53. The fourth-order valence-electron chi connectivity index (χ4n) is 0.963. The lowest BCUT2D eigenvalue weighted by Gasteiger charge is -2.11. The lowest BCUT2D eigenvalue weighted by atomic mass is 10.2. The number of hydroxylamine groups is 2. The van der Waals surface area contributed by atoms with E-state index in [9.17, 15) is 5.21 Å². The molecule has 5 heteroatoms. The Bertz CT molecular complexity index is 335. The molecule has 0 aliphatic rings. The van der Waals surface area contributed by atoms with Crippen LogP contribution in [0.2, 0.25) is 0 Å². The Labute approximate surface area is 80.7 Å². The van der Waals surface area contributed by atoms with E-state index >= 15 is 0 Å². The largest absolute Gasteiger partial charge is 0.600 e. The Morgan fingerprint density at radius 1 is 1.62 bits per heavy atom. The minimum atomic E-state index is -0.858. The van der Waals surface area contributed by atoms with Crippen molar-refractivity contribution in [1.29, 1.82) is 0 Å². The predicted molar refractivity (Wildman–Crippen MR) is 50.9 cm³/mol. The van der Waals surface area contributed by atoms with E-state index in [1.165, 1.54) is 0 Å². The Hall–Kier alpha value is -1.10. The molecule has 0 spiro atoms. The maximum absolute atomic E-state index is 10.4. The van der Waals surface area contributed by atoms with E-state index in [-0.39, 0.29) is 6.54 Å². The van der Waals surface area contributed by atoms with Crippen LogP contribution in [0.15, 0.2) is 29.3 Å². The second-order valence-corrected chi connectivity index (χ2v) is 2.63. The van der Waals surface area contributed by atoms with E-state index in [1.54, 1.807) is 24.3 Å². The minimum absolute atomic E-state index is 0.000782. The molecule has 0 saturated heterocycles. The molecule has 1 aromatic rings. The van der Waals surface area contributed by atoms with Gasteiger partial charge in [0.15, 0.2) is 0 Å². The van der Waals surface area contributed by atoms with Crippen molar-refractivity contribution in [2.24, 2.45) is 4.99 Å². The van der Waals surface area contributed by atoms with Gasteiger partial charge in [0.05, 0.1) is 10.8 Å². The Morgan fingerprint density at radius 2 is 2.38 bits per heavy atom. The van der Waals surface area contributed by atoms with Crippen LogP contribution in [0.25, 0.3) is 0 Å². The molecule has 1 aromatic carbocycles. The maximum atomic E-state index is 10.4. The van der Waals surface area contributed by atoms with E-state index in [4.69, 9.17) is 5.21 Å². The first-order chi connectivity index (χ1) is 6.22. The number of nitrogens with zero attached hydrogens (tertiary/aromatic N) is 1. The van der Waals surface area contributed by atoms with Gasteiger partial charge in [0.25, 0.3) is 0 Å². The van der Waals surface area contributed by atoms with Gasteiger partial charge in [-0.3, -0.25) is 0 Å². The van der Waals surface area contributed by atoms with Gasteiger partial charge in [-0.05, 0) is 24.4 Å². The number of hydrogen-bond donors (Lipinski definition) is 2. The zero-order valence-electron chi connectivity index (χ0n) is 6.73. The second-order valence-electron chi connectivity index (χ2n) is 2.44. The summed E-state index contributed by atoms with van der Waals surface area (Å²) in [5.74, 6) is 0. The van der Waals surface area contributed by atoms with Crippen LogP contribution in [-0.4, -0.2) is 10.4 Å². The van der Waals surface area contributed by atoms with Crippen LogP contribution < -0.4 is 5.23 Å². The summed E-state index contributed by atoms with van der Waals surface area (Å²) in [4.78, 5) is 3.75. The SMILES string of the molecule is [O-][NH+](O)Cc1cccc(N=C=S)c1. The van der Waals surface area contributed by atoms with Crippen molar-refractivity contribution in [3.8, 4) is 0 Å². The van der Waals surface area contributed by atoms with E-state index < -0.39 is 5.23 Å². The van der Waals surface area contributed by atoms with Crippen molar-refractivity contribution in [2.75, 3.05) is 0 Å². The molecule has 68 valence electrons. The average molecular weight is 196 g/mol. The van der Waals surface area contributed by atoms with Gasteiger partial charge < -0.3 is 5.21 Å². The summed E-state index contributed by atoms with van der Waals surface area (Å²) >= 11 is 4.43. The van der Waals surface area contributed by atoms with Crippen LogP contribution in [0.5, 0.6) is 0 Å². The molecule has 0 aliphatic carbocycles. The van der Waals surface area contributed by atoms with E-state index in [1.807, 2.05) is 0 Å². The normalized spacial score (nSPS) is 11.8. The highest BCUT2D eigenvalue weighted by atomic mass is 32.1. The van der Waals surface area contributed by atoms with Crippen molar-refractivity contribution in [3.63, 3.8) is 0 Å². The second kappa shape index (κ2) is 4.81. The molecule has 1 atom stereocenters. The quantitative estimate of drug-likeness (QED) is 0.425. The fourth-order valence-corrected chi connectivity index (χ4v) is 1.07. The summed E-state index contributed by atoms with van der Waals surface area (Å²) in [5, 5.41) is 20.3. The van der Waals surface area contributed by atoms with Crippen molar-refractivity contribution in [3.05, 3.63) is 35.0 Å². The van der Waals surface area contributed by atoms with E-state index in [0.717, 1.165) is 0 Å². The first-order valence-electron chi connectivity index (χ1n) is 3.61. The molecule has 0 aromatic heterocycles. The number of aliphatic imine (C=N–C) groups is 1. The topological polar surface area (TPSA) is 60.1 Å². The first-order valence-corrected chi connectivity index (χ1v) is 4.02. The Morgan fingerprint density at radius 3 is 3.00 bits per heavy atom. The molecule has 0 aliphatic heterocycles. The molecule has 13 heavy (non-hydrogen) atoms. The molecule has 0 radical (unpaired) electrons. The Kier molecular flexibility index (Phi) is 3.70. The molecule has 0 saturated carbocycles. The van der Waals surface area contributed by atoms with Crippen LogP contribution in [0.4, 0.5) is 5.69 Å². The summed E-state index contributed by atoms with van der Waals surface area (Å²) in [7, 11) is 0. The number of thiocarbonyl (C=S) groups is 1. The van der Waals surface area contributed by atoms with Crippen LogP contribution in [-0.2, 0) is 6.54 Å². The number of benzene rings is 1. The minimum Gasteiger partial charge on any atom is -0.600 e. The lowest BCUT2D eigenvalue weighted by Crippen LogP contribution is -3.03. The highest BCUT2D eigenvalue weighted by Crippen LogP contribution is 2.12. The van der Waals surface area contributed by atoms with Gasteiger partial charge in [-0.2, -0.15) is 4.99 Å². The van der Waals surface area contributed by atoms with Crippen LogP contribution >= 0.6 is 12.2 Å². The number of quaternary nitrogens is 1. The summed E-state index contributed by atoms with van der Waals surface area (Å²) in [6.45, 7) is 0.000782. The molecule has 0 amide bonds. The molecular weight excluding hydrogens is 188 g/mol. The van der Waals surface area contributed by atoms with Crippen molar-refractivity contribution >= 4 is 23.1 Å². The van der Waals surface area contributed by atoms with Gasteiger partial charge >= 0.3 is 0 Å². The zero-order chi connectivity index (χ0) is 9.68. The smallest absolute Gasteiger partial charge is 0.132 e. The van der Waals surface area contributed by atoms with Gasteiger partial charge in [-0.1, -0.05) is 12.1 Å². The standard InChI is InChI=1S/C8H8N2O2S/c11-10(12)5-7-2-1-3-8(4-7)9-6-13/h1-4,10-11H,5H2. The van der Waals surface area contributed by atoms with Crippen LogP contribution in [0.3, 0.4) is 0 Å². The fraction of sp³-hybridized carbons (Fsp3) is 0.125. The molecule has 0 bridgehead atoms. The summed E-state index contributed by atoms with van der Waals surface area (Å²) in [5.41, 5.74) is 1.34. The monoisotopic (exact) mass is 196 g/mol. The summed E-state index contributed by atoms with van der Waals surface area (Å²) in [6, 6.07) is 6.89. The number of rotatable bonds is 3. The van der Waals surface area contributed by atoms with Crippen LogP contribution in [0.1, 0.15) is 5.56 Å². The predicted octanol–water partition coefficient (Wildman–Crippen LogP) is 0.693. The molecule has 2 N–H and O–H groups in total. The number of nitrogens with one attached hydrogen (secondary N) is 1. The highest BCUT2D eigenvalue weighted by Gasteiger charge is 1.97. The van der Waals surface area contributed by atoms with Gasteiger partial charge in [-0.15, -0.1) is 0 Å². The van der Waals surface area contributed by atoms with E-state index in [2.05, 4.69) is 22.4 Å². The molecule has 1 rings (SSSR count). The molecule has 4 nitrogen and oxygen atoms in total. The first kappa shape index (κ1) is 9.98. The van der Waals surface area contributed by atoms with Crippen molar-refractivity contribution < 1.29 is 10.4 Å². The Balaban J connectivity index is 2.85. The zero-order valence-corrected chi connectivity index (χ0v) is 7.54. The third-order valence-electron chi connectivity index (χ3n) is 1.44. The van der Waals surface area contributed by atoms with Crippen molar-refractivity contribution in [2.45, 2.75) is 6.54 Å². The van der Waals surface area contributed by atoms with Gasteiger partial charge in [0.2, 0.25) is 0 Å². The average Bonchev–Trinajstić information content (AvgIpc) is 2.04. The highest BCUT2D eigenvalue weighted by molar-refractivity contribution is 7.78. The summed E-state index contributed by atoms with van der Waals surface area (Å²) < 4.78 is 0. The number of hydrogen-bond acceptors (Lipinski definition) is 4. The molecule has 0 heterocycles. The third kappa shape index (κ3) is 3.42. The van der Waals surface area contributed by atoms with Crippen LogP contribution in [0, 0.1) is 5.21 Å². The van der Waals surface area contributed by atoms with Gasteiger partial charge in [-0.25, -0.2) is 10.4 Å². The molecule has 0 fully saturated rings. The summed E-state index contributed by atoms with van der Waals surface area (Å²) in [6.07, 6.45) is 0. The maximum Gasteiger partial charge on any atom is 0.132 e.